The zero-order valence-electron chi connectivity index (χ0n) is 9.24. The summed E-state index contributed by atoms with van der Waals surface area (Å²) in [5, 5.41) is 0. The van der Waals surface area contributed by atoms with Crippen LogP contribution in [0.15, 0.2) is 0 Å². The Morgan fingerprint density at radius 3 is 1.67 bits per heavy atom. The summed E-state index contributed by atoms with van der Waals surface area (Å²) >= 11 is 0. The van der Waals surface area contributed by atoms with Crippen molar-refractivity contribution in [2.45, 2.75) is 27.2 Å². The first-order chi connectivity index (χ1) is 7.08. The predicted molar refractivity (Wildman–Crippen MR) is 52.1 cm³/mol. The van der Waals surface area contributed by atoms with Crippen LogP contribution in [0.4, 0.5) is 0 Å². The lowest BCUT2D eigenvalue weighted by Crippen LogP contribution is -2.43. The van der Waals surface area contributed by atoms with Crippen molar-refractivity contribution in [1.29, 1.82) is 0 Å². The minimum atomic E-state index is -1.80. The molecule has 5 heteroatoms. The molecule has 0 atom stereocenters. The van der Waals surface area contributed by atoms with Crippen molar-refractivity contribution >= 4 is 18.2 Å². The summed E-state index contributed by atoms with van der Waals surface area (Å²) in [5.41, 5.74) is -1.80. The highest BCUT2D eigenvalue weighted by atomic mass is 16.6. The van der Waals surface area contributed by atoms with Crippen molar-refractivity contribution in [3.8, 4) is 0 Å². The maximum absolute atomic E-state index is 11.5. The van der Waals surface area contributed by atoms with Gasteiger partial charge in [0.05, 0.1) is 13.2 Å². The summed E-state index contributed by atoms with van der Waals surface area (Å²) in [6.07, 6.45) is 0.331. The number of ether oxygens (including phenoxy) is 2. The van der Waals surface area contributed by atoms with Gasteiger partial charge in [-0.2, -0.15) is 0 Å². The first-order valence-electron chi connectivity index (χ1n) is 4.89. The number of rotatable bonds is 6. The second-order valence-electron chi connectivity index (χ2n) is 2.88. The molecule has 0 heterocycles. The molecule has 0 unspecified atom stereocenters. The molecule has 0 aliphatic carbocycles. The molecule has 0 N–H and O–H groups in total. The lowest BCUT2D eigenvalue weighted by Gasteiger charge is -2.21. The first-order valence-corrected chi connectivity index (χ1v) is 4.89. The van der Waals surface area contributed by atoms with E-state index in [0.717, 1.165) is 0 Å². The Balaban J connectivity index is 4.94. The van der Waals surface area contributed by atoms with Crippen LogP contribution >= 0.6 is 0 Å². The minimum Gasteiger partial charge on any atom is -0.465 e. The normalized spacial score (nSPS) is 10.6. The fourth-order valence-corrected chi connectivity index (χ4v) is 1.07. The van der Waals surface area contributed by atoms with E-state index in [-0.39, 0.29) is 19.6 Å². The monoisotopic (exact) mass is 216 g/mol. The highest BCUT2D eigenvalue weighted by Crippen LogP contribution is 2.23. The number of hydrogen-bond donors (Lipinski definition) is 0. The van der Waals surface area contributed by atoms with Gasteiger partial charge in [0.15, 0.2) is 0 Å². The van der Waals surface area contributed by atoms with E-state index in [1.165, 1.54) is 0 Å². The van der Waals surface area contributed by atoms with Gasteiger partial charge < -0.3 is 14.3 Å². The van der Waals surface area contributed by atoms with Gasteiger partial charge in [0.1, 0.15) is 6.29 Å². The van der Waals surface area contributed by atoms with Gasteiger partial charge in [-0.3, -0.25) is 9.59 Å². The zero-order chi connectivity index (χ0) is 11.9. The van der Waals surface area contributed by atoms with Crippen LogP contribution in [-0.2, 0) is 23.9 Å². The topological polar surface area (TPSA) is 69.7 Å². The number of esters is 2. The largest absolute Gasteiger partial charge is 0.465 e. The Hall–Kier alpha value is -1.39. The van der Waals surface area contributed by atoms with Crippen LogP contribution in [0, 0.1) is 5.41 Å². The Morgan fingerprint density at radius 1 is 1.07 bits per heavy atom. The Morgan fingerprint density at radius 2 is 1.47 bits per heavy atom. The number of hydrogen-bond acceptors (Lipinski definition) is 5. The van der Waals surface area contributed by atoms with Gasteiger partial charge in [-0.15, -0.1) is 0 Å². The maximum Gasteiger partial charge on any atom is 0.330 e. The van der Waals surface area contributed by atoms with Gasteiger partial charge >= 0.3 is 11.9 Å². The van der Waals surface area contributed by atoms with Gasteiger partial charge in [-0.25, -0.2) is 0 Å². The van der Waals surface area contributed by atoms with Crippen LogP contribution < -0.4 is 0 Å². The van der Waals surface area contributed by atoms with Crippen molar-refractivity contribution in [2.24, 2.45) is 5.41 Å². The number of aldehydes is 1. The van der Waals surface area contributed by atoms with Crippen molar-refractivity contribution < 1.29 is 23.9 Å². The Labute approximate surface area is 88.7 Å². The molecule has 0 aromatic carbocycles. The fraction of sp³-hybridized carbons (Fsp3) is 0.700. The standard InChI is InChI=1S/C10H16O5/c1-4-10(7-11,8(12)14-5-2)9(13)15-6-3/h7H,4-6H2,1-3H3. The highest BCUT2D eigenvalue weighted by molar-refractivity contribution is 6.13. The molecule has 15 heavy (non-hydrogen) atoms. The van der Waals surface area contributed by atoms with E-state index >= 15 is 0 Å². The van der Waals surface area contributed by atoms with Crippen molar-refractivity contribution in [2.75, 3.05) is 13.2 Å². The van der Waals surface area contributed by atoms with Crippen molar-refractivity contribution in [1.82, 2.24) is 0 Å². The molecule has 0 bridgehead atoms. The number of carbonyl (C=O) groups is 3. The third kappa shape index (κ3) is 2.78. The smallest absolute Gasteiger partial charge is 0.330 e. The first kappa shape index (κ1) is 13.6. The fourth-order valence-electron chi connectivity index (χ4n) is 1.07. The maximum atomic E-state index is 11.5. The Bertz CT molecular complexity index is 228. The molecule has 0 spiro atoms. The molecule has 0 amide bonds. The van der Waals surface area contributed by atoms with E-state index in [9.17, 15) is 14.4 Å². The van der Waals surface area contributed by atoms with E-state index in [2.05, 4.69) is 9.47 Å². The van der Waals surface area contributed by atoms with E-state index in [0.29, 0.717) is 6.29 Å². The summed E-state index contributed by atoms with van der Waals surface area (Å²) in [6, 6.07) is 0. The van der Waals surface area contributed by atoms with Crippen LogP contribution in [0.25, 0.3) is 0 Å². The molecule has 0 rings (SSSR count). The predicted octanol–water partition coefficient (Wildman–Crippen LogP) is 0.708. The van der Waals surface area contributed by atoms with Gasteiger partial charge in [-0.05, 0) is 20.3 Å². The average Bonchev–Trinajstić information content (AvgIpc) is 2.21. The van der Waals surface area contributed by atoms with E-state index < -0.39 is 17.4 Å². The van der Waals surface area contributed by atoms with Crippen LogP contribution in [0.1, 0.15) is 27.2 Å². The summed E-state index contributed by atoms with van der Waals surface area (Å²) in [4.78, 5) is 33.9. The third-order valence-electron chi connectivity index (χ3n) is 2.04. The summed E-state index contributed by atoms with van der Waals surface area (Å²) < 4.78 is 9.37. The van der Waals surface area contributed by atoms with Crippen LogP contribution in [0.3, 0.4) is 0 Å². The van der Waals surface area contributed by atoms with Gasteiger partial charge in [0.2, 0.25) is 5.41 Å². The van der Waals surface area contributed by atoms with Crippen LogP contribution in [0.2, 0.25) is 0 Å². The molecule has 0 fully saturated rings. The molecule has 0 radical (unpaired) electrons. The summed E-state index contributed by atoms with van der Waals surface area (Å²) in [5.74, 6) is -1.69. The van der Waals surface area contributed by atoms with Gasteiger partial charge in [0.25, 0.3) is 0 Å². The lowest BCUT2D eigenvalue weighted by atomic mass is 9.87. The second-order valence-corrected chi connectivity index (χ2v) is 2.88. The second kappa shape index (κ2) is 6.16. The minimum absolute atomic E-state index is 0.0359. The van der Waals surface area contributed by atoms with Crippen molar-refractivity contribution in [3.05, 3.63) is 0 Å². The van der Waals surface area contributed by atoms with Crippen LogP contribution in [-0.4, -0.2) is 31.4 Å². The lowest BCUT2D eigenvalue weighted by molar-refractivity contribution is -0.172. The molecule has 0 aromatic rings. The molecule has 5 nitrogen and oxygen atoms in total. The molecular formula is C10H16O5. The zero-order valence-corrected chi connectivity index (χ0v) is 9.24. The molecule has 0 saturated carbocycles. The molecule has 86 valence electrons. The van der Waals surface area contributed by atoms with Gasteiger partial charge in [0, 0.05) is 0 Å². The van der Waals surface area contributed by atoms with Gasteiger partial charge in [-0.1, -0.05) is 6.92 Å². The highest BCUT2D eigenvalue weighted by Gasteiger charge is 2.47. The average molecular weight is 216 g/mol. The summed E-state index contributed by atoms with van der Waals surface area (Å²) in [6.45, 7) is 5.01. The molecule has 0 aliphatic rings. The van der Waals surface area contributed by atoms with Crippen LogP contribution in [0.5, 0.6) is 0 Å². The molecule has 0 aliphatic heterocycles. The summed E-state index contributed by atoms with van der Waals surface area (Å²) in [7, 11) is 0. The molecular weight excluding hydrogens is 200 g/mol. The number of carbonyl (C=O) groups excluding carboxylic acids is 3. The third-order valence-corrected chi connectivity index (χ3v) is 2.04. The molecule has 0 saturated heterocycles. The van der Waals surface area contributed by atoms with Crippen molar-refractivity contribution in [3.63, 3.8) is 0 Å². The van der Waals surface area contributed by atoms with E-state index in [1.54, 1.807) is 20.8 Å². The Kier molecular flexibility index (Phi) is 5.59. The molecule has 0 aromatic heterocycles. The van der Waals surface area contributed by atoms with E-state index in [4.69, 9.17) is 0 Å². The van der Waals surface area contributed by atoms with E-state index in [1.807, 2.05) is 0 Å². The quantitative estimate of drug-likeness (QED) is 0.371. The SMILES string of the molecule is CCOC(=O)C(C=O)(CC)C(=O)OCC.